The number of primary amides is 1. The molecule has 0 unspecified atom stereocenters. The first-order valence-corrected chi connectivity index (χ1v) is 9.69. The molecule has 0 saturated carbocycles. The highest BCUT2D eigenvalue weighted by atomic mass is 16.5. The van der Waals surface area contributed by atoms with Gasteiger partial charge in [0.15, 0.2) is 0 Å². The normalized spacial score (nSPS) is 10.5. The number of nitrogen functional groups attached to an aromatic ring is 2. The van der Waals surface area contributed by atoms with Gasteiger partial charge in [0.1, 0.15) is 23.0 Å². The Morgan fingerprint density at radius 1 is 0.969 bits per heavy atom. The molecule has 0 aliphatic heterocycles. The molecule has 0 spiro atoms. The number of aromatic nitrogens is 3. The number of nitrogens with zero attached hydrogens (tertiary/aromatic N) is 3. The number of ether oxygens (including phenoxy) is 1. The molecule has 2 aromatic carbocycles. The van der Waals surface area contributed by atoms with E-state index in [9.17, 15) is 4.79 Å². The van der Waals surface area contributed by atoms with Gasteiger partial charge in [0, 0.05) is 41.3 Å². The van der Waals surface area contributed by atoms with E-state index in [-0.39, 0.29) is 11.6 Å². The molecule has 0 radical (unpaired) electrons. The molecule has 160 valence electrons. The number of rotatable bonds is 6. The average molecular weight is 427 g/mol. The van der Waals surface area contributed by atoms with E-state index in [4.69, 9.17) is 21.9 Å². The third-order valence-corrected chi connectivity index (χ3v) is 4.64. The second-order valence-electron chi connectivity index (χ2n) is 7.06. The molecule has 0 atom stereocenters. The molecule has 7 N–H and O–H groups in total. The Kier molecular flexibility index (Phi) is 5.54. The van der Waals surface area contributed by atoms with E-state index in [0.717, 1.165) is 16.8 Å². The van der Waals surface area contributed by atoms with Crippen molar-refractivity contribution >= 4 is 29.0 Å². The summed E-state index contributed by atoms with van der Waals surface area (Å²) in [4.78, 5) is 23.8. The summed E-state index contributed by atoms with van der Waals surface area (Å²) < 4.78 is 5.83. The zero-order valence-electron chi connectivity index (χ0n) is 17.2. The van der Waals surface area contributed by atoms with Crippen LogP contribution in [0.5, 0.6) is 11.5 Å². The van der Waals surface area contributed by atoms with Gasteiger partial charge in [0.2, 0.25) is 5.95 Å². The molecular formula is C23H21N7O2. The Morgan fingerprint density at radius 3 is 2.56 bits per heavy atom. The quantitative estimate of drug-likeness (QED) is 0.340. The van der Waals surface area contributed by atoms with Crippen molar-refractivity contribution in [1.82, 2.24) is 15.0 Å². The standard InChI is InChI=1S/C23H21N7O2/c1-13-5-6-14(9-18(13)24)19-12-21(30-23(26)29-19)28-15-3-2-4-16(10-15)32-17-7-8-27-20(11-17)22(25)31/h2-12H,24H2,1H3,(H2,25,31)(H3,26,28,29,30). The molecule has 2 heterocycles. The van der Waals surface area contributed by atoms with Gasteiger partial charge in [0.25, 0.3) is 5.91 Å². The lowest BCUT2D eigenvalue weighted by Crippen LogP contribution is -2.12. The summed E-state index contributed by atoms with van der Waals surface area (Å²) in [6.45, 7) is 1.94. The number of nitrogens with one attached hydrogen (secondary N) is 1. The highest BCUT2D eigenvalue weighted by molar-refractivity contribution is 5.91. The van der Waals surface area contributed by atoms with Crippen LogP contribution in [-0.4, -0.2) is 20.9 Å². The van der Waals surface area contributed by atoms with Crippen LogP contribution in [0, 0.1) is 6.92 Å². The van der Waals surface area contributed by atoms with E-state index in [1.165, 1.54) is 12.3 Å². The van der Waals surface area contributed by atoms with Crippen LogP contribution in [0.25, 0.3) is 11.3 Å². The number of carbonyl (C=O) groups excluding carboxylic acids is 1. The summed E-state index contributed by atoms with van der Waals surface area (Å²) in [5.74, 6) is 1.01. The summed E-state index contributed by atoms with van der Waals surface area (Å²) in [5, 5.41) is 3.21. The minimum absolute atomic E-state index is 0.123. The van der Waals surface area contributed by atoms with E-state index in [0.29, 0.717) is 28.7 Å². The SMILES string of the molecule is Cc1ccc(-c2cc(Nc3cccc(Oc4ccnc(C(N)=O)c4)c3)nc(N)n2)cc1N. The van der Waals surface area contributed by atoms with Gasteiger partial charge in [-0.05, 0) is 36.8 Å². The van der Waals surface area contributed by atoms with E-state index < -0.39 is 5.91 Å². The Balaban J connectivity index is 1.57. The third-order valence-electron chi connectivity index (χ3n) is 4.64. The van der Waals surface area contributed by atoms with Crippen LogP contribution in [0.1, 0.15) is 16.1 Å². The first kappa shape index (κ1) is 20.6. The summed E-state index contributed by atoms with van der Waals surface area (Å²) >= 11 is 0. The second kappa shape index (κ2) is 8.60. The van der Waals surface area contributed by atoms with Crippen molar-refractivity contribution in [3.05, 3.63) is 78.1 Å². The van der Waals surface area contributed by atoms with Crippen LogP contribution >= 0.6 is 0 Å². The van der Waals surface area contributed by atoms with Crippen LogP contribution in [0.2, 0.25) is 0 Å². The molecule has 0 fully saturated rings. The number of anilines is 4. The van der Waals surface area contributed by atoms with Crippen LogP contribution < -0.4 is 27.3 Å². The van der Waals surface area contributed by atoms with Gasteiger partial charge >= 0.3 is 0 Å². The molecule has 0 aliphatic carbocycles. The molecule has 0 aliphatic rings. The fourth-order valence-corrected chi connectivity index (χ4v) is 3.01. The zero-order valence-corrected chi connectivity index (χ0v) is 17.2. The first-order valence-electron chi connectivity index (χ1n) is 9.69. The van der Waals surface area contributed by atoms with Gasteiger partial charge in [-0.15, -0.1) is 0 Å². The maximum atomic E-state index is 11.3. The number of aryl methyl sites for hydroxylation is 1. The van der Waals surface area contributed by atoms with Gasteiger partial charge in [-0.25, -0.2) is 4.98 Å². The van der Waals surface area contributed by atoms with Crippen molar-refractivity contribution in [2.45, 2.75) is 6.92 Å². The molecule has 2 aromatic heterocycles. The van der Waals surface area contributed by atoms with Gasteiger partial charge in [-0.2, -0.15) is 4.98 Å². The first-order chi connectivity index (χ1) is 15.4. The maximum Gasteiger partial charge on any atom is 0.267 e. The van der Waals surface area contributed by atoms with Crippen molar-refractivity contribution < 1.29 is 9.53 Å². The van der Waals surface area contributed by atoms with Crippen LogP contribution in [0.4, 0.5) is 23.1 Å². The van der Waals surface area contributed by atoms with Gasteiger partial charge < -0.3 is 27.3 Å². The minimum Gasteiger partial charge on any atom is -0.457 e. The monoisotopic (exact) mass is 427 g/mol. The van der Waals surface area contributed by atoms with Gasteiger partial charge in [-0.1, -0.05) is 18.2 Å². The maximum absolute atomic E-state index is 11.3. The largest absolute Gasteiger partial charge is 0.457 e. The van der Waals surface area contributed by atoms with Crippen LogP contribution in [0.15, 0.2) is 66.9 Å². The predicted molar refractivity (Wildman–Crippen MR) is 124 cm³/mol. The summed E-state index contributed by atoms with van der Waals surface area (Å²) in [6.07, 6.45) is 1.46. The Labute approximate surface area is 184 Å². The Bertz CT molecular complexity index is 1310. The van der Waals surface area contributed by atoms with Crippen molar-refractivity contribution in [3.8, 4) is 22.8 Å². The van der Waals surface area contributed by atoms with E-state index in [1.807, 2.05) is 37.3 Å². The molecule has 4 rings (SSSR count). The minimum atomic E-state index is -0.627. The van der Waals surface area contributed by atoms with E-state index >= 15 is 0 Å². The number of amides is 1. The molecule has 9 heteroatoms. The Morgan fingerprint density at radius 2 is 1.78 bits per heavy atom. The third kappa shape index (κ3) is 4.73. The van der Waals surface area contributed by atoms with Crippen molar-refractivity contribution in [2.75, 3.05) is 16.8 Å². The van der Waals surface area contributed by atoms with Crippen molar-refractivity contribution in [1.29, 1.82) is 0 Å². The number of pyridine rings is 1. The lowest BCUT2D eigenvalue weighted by Gasteiger charge is -2.11. The number of hydrogen-bond donors (Lipinski definition) is 4. The van der Waals surface area contributed by atoms with E-state index in [2.05, 4.69) is 20.3 Å². The molecule has 0 saturated heterocycles. The van der Waals surface area contributed by atoms with Gasteiger partial charge in [0.05, 0.1) is 5.69 Å². The fourth-order valence-electron chi connectivity index (χ4n) is 3.01. The zero-order chi connectivity index (χ0) is 22.7. The molecule has 0 bridgehead atoms. The van der Waals surface area contributed by atoms with Crippen LogP contribution in [-0.2, 0) is 0 Å². The fraction of sp³-hybridized carbons (Fsp3) is 0.0435. The highest BCUT2D eigenvalue weighted by Crippen LogP contribution is 2.28. The number of hydrogen-bond acceptors (Lipinski definition) is 8. The molecule has 1 amide bonds. The number of carbonyl (C=O) groups is 1. The summed E-state index contributed by atoms with van der Waals surface area (Å²) in [7, 11) is 0. The molecule has 4 aromatic rings. The van der Waals surface area contributed by atoms with Crippen molar-refractivity contribution in [2.24, 2.45) is 5.73 Å². The number of nitrogens with two attached hydrogens (primary N) is 3. The van der Waals surface area contributed by atoms with Crippen molar-refractivity contribution in [3.63, 3.8) is 0 Å². The smallest absolute Gasteiger partial charge is 0.267 e. The summed E-state index contributed by atoms with van der Waals surface area (Å²) in [5.41, 5.74) is 21.2. The second-order valence-corrected chi connectivity index (χ2v) is 7.06. The lowest BCUT2D eigenvalue weighted by molar-refractivity contribution is 0.0995. The highest BCUT2D eigenvalue weighted by Gasteiger charge is 2.09. The lowest BCUT2D eigenvalue weighted by atomic mass is 10.1. The topological polar surface area (TPSA) is 155 Å². The molecule has 32 heavy (non-hydrogen) atoms. The summed E-state index contributed by atoms with van der Waals surface area (Å²) in [6, 6.07) is 17.9. The Hall–Kier alpha value is -4.66. The molecule has 9 nitrogen and oxygen atoms in total. The predicted octanol–water partition coefficient (Wildman–Crippen LogP) is 3.65. The van der Waals surface area contributed by atoms with Gasteiger partial charge in [-0.3, -0.25) is 9.78 Å². The van der Waals surface area contributed by atoms with E-state index in [1.54, 1.807) is 24.3 Å². The average Bonchev–Trinajstić information content (AvgIpc) is 2.75. The number of benzene rings is 2. The molecular weight excluding hydrogens is 406 g/mol. The van der Waals surface area contributed by atoms with Crippen LogP contribution in [0.3, 0.4) is 0 Å².